The number of allylic oxidation sites excluding steroid dienone is 1. The third-order valence-corrected chi connectivity index (χ3v) is 3.21. The highest BCUT2D eigenvalue weighted by atomic mass is 32.2. The van der Waals surface area contributed by atoms with E-state index >= 15 is 0 Å². The number of thioether (sulfide) groups is 1. The second-order valence-corrected chi connectivity index (χ2v) is 4.81. The fraction of sp³-hybridized carbons (Fsp3) is 0.250. The van der Waals surface area contributed by atoms with Crippen molar-refractivity contribution in [1.29, 1.82) is 0 Å². The zero-order valence-corrected chi connectivity index (χ0v) is 10.5. The molecular weight excluding hydrogens is 234 g/mol. The van der Waals surface area contributed by atoms with Crippen LogP contribution in [-0.4, -0.2) is 21.8 Å². The Hall–Kier alpha value is -1.62. The average Bonchev–Trinajstić information content (AvgIpc) is 2.79. The molecule has 1 aromatic heterocycles. The number of hydrogen-bond donors (Lipinski definition) is 1. The van der Waals surface area contributed by atoms with Crippen LogP contribution >= 0.6 is 11.8 Å². The van der Waals surface area contributed by atoms with Gasteiger partial charge in [-0.1, -0.05) is 17.3 Å². The first-order valence-corrected chi connectivity index (χ1v) is 6.24. The highest BCUT2D eigenvalue weighted by Gasteiger charge is 2.16. The van der Waals surface area contributed by atoms with Crippen molar-refractivity contribution in [2.75, 3.05) is 5.75 Å². The minimum atomic E-state index is -0.145. The molecule has 0 unspecified atom stereocenters. The summed E-state index contributed by atoms with van der Waals surface area (Å²) in [6, 6.07) is 3.36. The molecule has 2 heterocycles. The summed E-state index contributed by atoms with van der Waals surface area (Å²) in [6.45, 7) is 4.04. The lowest BCUT2D eigenvalue weighted by atomic mass is 10.2. The molecule has 0 aromatic carbocycles. The maximum Gasteiger partial charge on any atom is 0.257 e. The molecule has 0 atom stereocenters. The van der Waals surface area contributed by atoms with Gasteiger partial charge in [-0.15, -0.1) is 0 Å². The monoisotopic (exact) mass is 247 g/mol. The van der Waals surface area contributed by atoms with Crippen molar-refractivity contribution in [2.24, 2.45) is 4.99 Å². The van der Waals surface area contributed by atoms with Crippen molar-refractivity contribution in [2.45, 2.75) is 13.8 Å². The molecule has 88 valence electrons. The number of hydrogen-bond acceptors (Lipinski definition) is 4. The van der Waals surface area contributed by atoms with Gasteiger partial charge in [0.1, 0.15) is 0 Å². The number of rotatable bonds is 1. The van der Waals surface area contributed by atoms with Gasteiger partial charge in [-0.25, -0.2) is 4.99 Å². The summed E-state index contributed by atoms with van der Waals surface area (Å²) in [5.41, 5.74) is 2.82. The van der Waals surface area contributed by atoms with Crippen LogP contribution in [0.25, 0.3) is 0 Å². The Labute approximate surface area is 104 Å². The van der Waals surface area contributed by atoms with Gasteiger partial charge in [0, 0.05) is 23.7 Å². The molecule has 0 saturated heterocycles. The van der Waals surface area contributed by atoms with Crippen LogP contribution in [0.1, 0.15) is 24.2 Å². The number of nitrogens with zero attached hydrogens (tertiary/aromatic N) is 2. The van der Waals surface area contributed by atoms with Gasteiger partial charge in [0.2, 0.25) is 0 Å². The van der Waals surface area contributed by atoms with E-state index in [2.05, 4.69) is 15.3 Å². The summed E-state index contributed by atoms with van der Waals surface area (Å²) in [5.74, 6) is 0.683. The summed E-state index contributed by atoms with van der Waals surface area (Å²) in [5, 5.41) is 3.46. The summed E-state index contributed by atoms with van der Waals surface area (Å²) in [4.78, 5) is 20.1. The Morgan fingerprint density at radius 3 is 2.65 bits per heavy atom. The van der Waals surface area contributed by atoms with Crippen molar-refractivity contribution < 1.29 is 4.79 Å². The normalized spacial score (nSPS) is 14.5. The number of pyridine rings is 1. The van der Waals surface area contributed by atoms with Crippen LogP contribution in [0.3, 0.4) is 0 Å². The quantitative estimate of drug-likeness (QED) is 0.827. The average molecular weight is 247 g/mol. The van der Waals surface area contributed by atoms with Crippen LogP contribution in [0.5, 0.6) is 0 Å². The molecule has 17 heavy (non-hydrogen) atoms. The Bertz CT molecular complexity index is 490. The van der Waals surface area contributed by atoms with E-state index in [9.17, 15) is 4.79 Å². The van der Waals surface area contributed by atoms with E-state index in [1.54, 1.807) is 36.3 Å². The molecule has 0 bridgehead atoms. The topological polar surface area (TPSA) is 54.4 Å². The van der Waals surface area contributed by atoms with Crippen LogP contribution < -0.4 is 5.32 Å². The standard InChI is InChI=1S/C12H13N3OS/c1-8(2)10-7-17-12(14-10)15-11(16)9-3-5-13-6-4-9/h3-6H,7H2,1-2H3,(H,14,15,16). The lowest BCUT2D eigenvalue weighted by Crippen LogP contribution is -2.27. The van der Waals surface area contributed by atoms with Crippen molar-refractivity contribution in [3.05, 3.63) is 41.4 Å². The highest BCUT2D eigenvalue weighted by Crippen LogP contribution is 2.22. The Morgan fingerprint density at radius 2 is 2.06 bits per heavy atom. The minimum absolute atomic E-state index is 0.145. The minimum Gasteiger partial charge on any atom is -0.301 e. The molecule has 1 aliphatic heterocycles. The van der Waals surface area contributed by atoms with Gasteiger partial charge in [0.25, 0.3) is 5.91 Å². The predicted octanol–water partition coefficient (Wildman–Crippen LogP) is 2.21. The van der Waals surface area contributed by atoms with Gasteiger partial charge >= 0.3 is 0 Å². The molecule has 4 nitrogen and oxygen atoms in total. The summed E-state index contributed by atoms with van der Waals surface area (Å²) >= 11 is 1.55. The first-order chi connectivity index (χ1) is 8.16. The third kappa shape index (κ3) is 2.94. The van der Waals surface area contributed by atoms with E-state index < -0.39 is 0 Å². The van der Waals surface area contributed by atoms with Crippen molar-refractivity contribution in [1.82, 2.24) is 10.3 Å². The summed E-state index contributed by atoms with van der Waals surface area (Å²) in [6.07, 6.45) is 3.19. The van der Waals surface area contributed by atoms with Crippen LogP contribution in [-0.2, 0) is 0 Å². The molecule has 0 fully saturated rings. The van der Waals surface area contributed by atoms with E-state index in [-0.39, 0.29) is 5.91 Å². The number of aromatic nitrogens is 1. The number of nitrogens with one attached hydrogen (secondary N) is 1. The first-order valence-electron chi connectivity index (χ1n) is 5.26. The first kappa shape index (κ1) is 11.9. The van der Waals surface area contributed by atoms with Gasteiger partial charge in [-0.2, -0.15) is 0 Å². The molecule has 2 rings (SSSR count). The smallest absolute Gasteiger partial charge is 0.257 e. The van der Waals surface area contributed by atoms with Crippen LogP contribution in [0, 0.1) is 0 Å². The van der Waals surface area contributed by atoms with Gasteiger partial charge in [0.05, 0.1) is 5.70 Å². The highest BCUT2D eigenvalue weighted by molar-refractivity contribution is 8.14. The number of amides is 1. The van der Waals surface area contributed by atoms with E-state index in [1.165, 1.54) is 5.57 Å². The molecule has 1 N–H and O–H groups in total. The lowest BCUT2D eigenvalue weighted by Gasteiger charge is -2.02. The molecule has 1 amide bonds. The van der Waals surface area contributed by atoms with Gasteiger partial charge < -0.3 is 5.32 Å². The van der Waals surface area contributed by atoms with Gasteiger partial charge in [0.15, 0.2) is 5.17 Å². The number of carbonyl (C=O) groups excluding carboxylic acids is 1. The number of carbonyl (C=O) groups is 1. The maximum absolute atomic E-state index is 11.8. The van der Waals surface area contributed by atoms with Crippen LogP contribution in [0.4, 0.5) is 0 Å². The lowest BCUT2D eigenvalue weighted by molar-refractivity contribution is 0.0978. The second kappa shape index (κ2) is 5.14. The van der Waals surface area contributed by atoms with E-state index in [1.807, 2.05) is 13.8 Å². The van der Waals surface area contributed by atoms with E-state index in [4.69, 9.17) is 0 Å². The maximum atomic E-state index is 11.8. The predicted molar refractivity (Wildman–Crippen MR) is 70.0 cm³/mol. The zero-order chi connectivity index (χ0) is 12.3. The molecular formula is C12H13N3OS. The van der Waals surface area contributed by atoms with Crippen molar-refractivity contribution in [3.63, 3.8) is 0 Å². The SMILES string of the molecule is CC(C)=C1CSC(NC(=O)c2ccncc2)=N1. The fourth-order valence-corrected chi connectivity index (χ4v) is 2.28. The molecule has 0 saturated carbocycles. The van der Waals surface area contributed by atoms with Gasteiger partial charge in [-0.05, 0) is 26.0 Å². The zero-order valence-electron chi connectivity index (χ0n) is 9.73. The van der Waals surface area contributed by atoms with Crippen LogP contribution in [0.2, 0.25) is 0 Å². The fourth-order valence-electron chi connectivity index (χ4n) is 1.32. The number of aliphatic imine (C=N–C) groups is 1. The Morgan fingerprint density at radius 1 is 1.35 bits per heavy atom. The molecule has 5 heteroatoms. The molecule has 1 aliphatic rings. The van der Waals surface area contributed by atoms with E-state index in [0.717, 1.165) is 11.4 Å². The molecule has 0 spiro atoms. The summed E-state index contributed by atoms with van der Waals surface area (Å²) < 4.78 is 0. The van der Waals surface area contributed by atoms with Crippen molar-refractivity contribution in [3.8, 4) is 0 Å². The number of amidine groups is 1. The van der Waals surface area contributed by atoms with Crippen molar-refractivity contribution >= 4 is 22.8 Å². The largest absolute Gasteiger partial charge is 0.301 e. The second-order valence-electron chi connectivity index (χ2n) is 3.84. The molecule has 1 aromatic rings. The molecule has 0 radical (unpaired) electrons. The third-order valence-electron chi connectivity index (χ3n) is 2.32. The summed E-state index contributed by atoms with van der Waals surface area (Å²) in [7, 11) is 0. The Balaban J connectivity index is 2.07. The van der Waals surface area contributed by atoms with Crippen LogP contribution in [0.15, 0.2) is 40.8 Å². The van der Waals surface area contributed by atoms with Gasteiger partial charge in [-0.3, -0.25) is 9.78 Å². The van der Waals surface area contributed by atoms with E-state index in [0.29, 0.717) is 10.7 Å². The Kier molecular flexibility index (Phi) is 3.58. The molecule has 0 aliphatic carbocycles.